The Labute approximate surface area is 208 Å². The van der Waals surface area contributed by atoms with Gasteiger partial charge >= 0.3 is 0 Å². The lowest BCUT2D eigenvalue weighted by atomic mass is 10.2. The van der Waals surface area contributed by atoms with Crippen molar-refractivity contribution in [1.82, 2.24) is 4.90 Å². The van der Waals surface area contributed by atoms with Gasteiger partial charge in [0.05, 0.1) is 4.91 Å². The zero-order valence-electron chi connectivity index (χ0n) is 18.5. The van der Waals surface area contributed by atoms with Gasteiger partial charge in [0.25, 0.3) is 5.91 Å². The van der Waals surface area contributed by atoms with Crippen LogP contribution in [0.3, 0.4) is 0 Å². The highest BCUT2D eigenvalue weighted by Gasteiger charge is 2.31. The van der Waals surface area contributed by atoms with Gasteiger partial charge in [-0.2, -0.15) is 0 Å². The maximum absolute atomic E-state index is 12.9. The minimum absolute atomic E-state index is 0.0838. The lowest BCUT2D eigenvalue weighted by Crippen LogP contribution is -2.29. The van der Waals surface area contributed by atoms with Gasteiger partial charge in [0.2, 0.25) is 5.91 Å². The summed E-state index contributed by atoms with van der Waals surface area (Å²) in [5, 5.41) is 2.85. The monoisotopic (exact) mass is 488 g/mol. The normalized spacial score (nSPS) is 14.5. The lowest BCUT2D eigenvalue weighted by Gasteiger charge is -2.14. The van der Waals surface area contributed by atoms with Gasteiger partial charge in [-0.1, -0.05) is 84.6 Å². The van der Waals surface area contributed by atoms with Crippen LogP contribution in [0, 0.1) is 0 Å². The SMILES string of the molecule is O=C(CCCN1C(=O)/C(=C/c2cccc(OCc3ccccc3)c2)SC1=S)Nc1ccccc1. The fraction of sp³-hybridized carbons (Fsp3) is 0.148. The zero-order chi connectivity index (χ0) is 23.8. The van der Waals surface area contributed by atoms with Gasteiger partial charge in [0, 0.05) is 18.7 Å². The highest BCUT2D eigenvalue weighted by molar-refractivity contribution is 8.26. The number of anilines is 1. The molecule has 34 heavy (non-hydrogen) atoms. The zero-order valence-corrected chi connectivity index (χ0v) is 20.1. The molecule has 172 valence electrons. The van der Waals surface area contributed by atoms with E-state index < -0.39 is 0 Å². The molecule has 1 fully saturated rings. The Bertz CT molecular complexity index is 1200. The van der Waals surface area contributed by atoms with E-state index in [4.69, 9.17) is 17.0 Å². The fourth-order valence-corrected chi connectivity index (χ4v) is 4.73. The summed E-state index contributed by atoms with van der Waals surface area (Å²) >= 11 is 6.70. The van der Waals surface area contributed by atoms with E-state index in [2.05, 4.69) is 5.32 Å². The smallest absolute Gasteiger partial charge is 0.266 e. The van der Waals surface area contributed by atoms with Crippen LogP contribution in [-0.2, 0) is 16.2 Å². The molecule has 5 nitrogen and oxygen atoms in total. The fourth-order valence-electron chi connectivity index (χ4n) is 3.42. The van der Waals surface area contributed by atoms with Crippen molar-refractivity contribution in [2.75, 3.05) is 11.9 Å². The first kappa shape index (κ1) is 23.7. The van der Waals surface area contributed by atoms with E-state index in [0.717, 1.165) is 22.6 Å². The Morgan fingerprint density at radius 3 is 2.50 bits per heavy atom. The molecule has 1 aliphatic rings. The number of thioether (sulfide) groups is 1. The molecule has 1 heterocycles. The Morgan fingerprint density at radius 2 is 1.74 bits per heavy atom. The molecule has 0 unspecified atom stereocenters. The van der Waals surface area contributed by atoms with E-state index in [1.165, 1.54) is 11.8 Å². The molecule has 0 aromatic heterocycles. The number of carbonyl (C=O) groups excluding carboxylic acids is 2. The van der Waals surface area contributed by atoms with Crippen LogP contribution in [0.15, 0.2) is 89.8 Å². The second kappa shape index (κ2) is 11.6. The van der Waals surface area contributed by atoms with E-state index in [-0.39, 0.29) is 11.8 Å². The molecular weight excluding hydrogens is 464 g/mol. The average molecular weight is 489 g/mol. The Hall–Kier alpha value is -3.42. The maximum atomic E-state index is 12.9. The molecule has 0 aliphatic carbocycles. The summed E-state index contributed by atoms with van der Waals surface area (Å²) in [4.78, 5) is 27.2. The number of benzene rings is 3. The van der Waals surface area contributed by atoms with E-state index in [9.17, 15) is 9.59 Å². The number of amides is 2. The van der Waals surface area contributed by atoms with Crippen LogP contribution in [0.25, 0.3) is 6.08 Å². The third-order valence-corrected chi connectivity index (χ3v) is 6.50. The van der Waals surface area contributed by atoms with Gasteiger partial charge in [0.1, 0.15) is 16.7 Å². The largest absolute Gasteiger partial charge is 0.489 e. The summed E-state index contributed by atoms with van der Waals surface area (Å²) in [5.74, 6) is 0.520. The van der Waals surface area contributed by atoms with Crippen LogP contribution in [0.1, 0.15) is 24.0 Å². The molecule has 1 saturated heterocycles. The molecule has 0 spiro atoms. The first-order chi connectivity index (χ1) is 16.6. The number of carbonyl (C=O) groups is 2. The number of thiocarbonyl (C=S) groups is 1. The van der Waals surface area contributed by atoms with Crippen LogP contribution < -0.4 is 10.1 Å². The van der Waals surface area contributed by atoms with E-state index in [1.54, 1.807) is 4.90 Å². The van der Waals surface area contributed by atoms with Crippen LogP contribution in [-0.4, -0.2) is 27.6 Å². The number of ether oxygens (including phenoxy) is 1. The summed E-state index contributed by atoms with van der Waals surface area (Å²) in [6.07, 6.45) is 2.67. The molecule has 2 amide bonds. The third-order valence-electron chi connectivity index (χ3n) is 5.12. The number of rotatable bonds is 9. The molecule has 0 bridgehead atoms. The summed E-state index contributed by atoms with van der Waals surface area (Å²) < 4.78 is 6.40. The molecule has 1 aliphatic heterocycles. The molecule has 4 rings (SSSR count). The maximum Gasteiger partial charge on any atom is 0.266 e. The summed E-state index contributed by atoms with van der Waals surface area (Å²) in [5.41, 5.74) is 2.72. The van der Waals surface area contributed by atoms with Gasteiger partial charge in [-0.15, -0.1) is 0 Å². The molecule has 3 aromatic rings. The Balaban J connectivity index is 1.31. The Morgan fingerprint density at radius 1 is 1.00 bits per heavy atom. The van der Waals surface area contributed by atoms with Gasteiger partial charge in [-0.3, -0.25) is 14.5 Å². The van der Waals surface area contributed by atoms with E-state index in [1.807, 2.05) is 91.0 Å². The molecule has 0 radical (unpaired) electrons. The van der Waals surface area contributed by atoms with Crippen molar-refractivity contribution < 1.29 is 14.3 Å². The van der Waals surface area contributed by atoms with Gasteiger partial charge in [-0.05, 0) is 47.9 Å². The van der Waals surface area contributed by atoms with Crippen molar-refractivity contribution in [1.29, 1.82) is 0 Å². The Kier molecular flexibility index (Phi) is 8.12. The minimum atomic E-state index is -0.130. The van der Waals surface area contributed by atoms with Crippen molar-refractivity contribution >= 4 is 51.9 Å². The summed E-state index contributed by atoms with van der Waals surface area (Å²) in [7, 11) is 0. The molecule has 3 aromatic carbocycles. The standard InChI is InChI=1S/C27H24N2O3S2/c30-25(28-22-12-5-2-6-13-22)15-8-16-29-26(31)24(34-27(29)33)18-21-11-7-14-23(17-21)32-19-20-9-3-1-4-10-20/h1-7,9-14,17-18H,8,15-16,19H2,(H,28,30)/b24-18-. The molecule has 7 heteroatoms. The summed E-state index contributed by atoms with van der Waals surface area (Å²) in [6.45, 7) is 0.884. The molecule has 0 saturated carbocycles. The average Bonchev–Trinajstić information content (AvgIpc) is 3.11. The third kappa shape index (κ3) is 6.56. The number of nitrogens with one attached hydrogen (secondary N) is 1. The van der Waals surface area contributed by atoms with Crippen molar-refractivity contribution in [3.63, 3.8) is 0 Å². The van der Waals surface area contributed by atoms with E-state index in [0.29, 0.717) is 35.2 Å². The van der Waals surface area contributed by atoms with Crippen molar-refractivity contribution in [3.8, 4) is 5.75 Å². The van der Waals surface area contributed by atoms with Crippen LogP contribution in [0.5, 0.6) is 5.75 Å². The second-order valence-electron chi connectivity index (χ2n) is 7.70. The highest BCUT2D eigenvalue weighted by Crippen LogP contribution is 2.33. The minimum Gasteiger partial charge on any atom is -0.489 e. The van der Waals surface area contributed by atoms with Gasteiger partial charge in [-0.25, -0.2) is 0 Å². The number of nitrogens with zero attached hydrogens (tertiary/aromatic N) is 1. The van der Waals surface area contributed by atoms with Crippen LogP contribution in [0.2, 0.25) is 0 Å². The van der Waals surface area contributed by atoms with Crippen molar-refractivity contribution in [2.24, 2.45) is 0 Å². The number of hydrogen-bond donors (Lipinski definition) is 1. The molecule has 1 N–H and O–H groups in total. The van der Waals surface area contributed by atoms with E-state index >= 15 is 0 Å². The topological polar surface area (TPSA) is 58.6 Å². The van der Waals surface area contributed by atoms with Gasteiger partial charge in [0.15, 0.2) is 0 Å². The summed E-state index contributed by atoms with van der Waals surface area (Å²) in [6, 6.07) is 26.9. The number of hydrogen-bond acceptors (Lipinski definition) is 5. The predicted molar refractivity (Wildman–Crippen MR) is 141 cm³/mol. The first-order valence-electron chi connectivity index (χ1n) is 11.0. The van der Waals surface area contributed by atoms with Crippen molar-refractivity contribution in [3.05, 3.63) is 101 Å². The van der Waals surface area contributed by atoms with Crippen LogP contribution in [0.4, 0.5) is 5.69 Å². The number of para-hydroxylation sites is 1. The molecule has 0 atom stereocenters. The van der Waals surface area contributed by atoms with Gasteiger partial charge < -0.3 is 10.1 Å². The van der Waals surface area contributed by atoms with Crippen molar-refractivity contribution in [2.45, 2.75) is 19.4 Å². The first-order valence-corrected chi connectivity index (χ1v) is 12.2. The quantitative estimate of drug-likeness (QED) is 0.301. The molecular formula is C27H24N2O3S2. The van der Waals surface area contributed by atoms with Crippen LogP contribution >= 0.6 is 24.0 Å². The second-order valence-corrected chi connectivity index (χ2v) is 9.37. The highest BCUT2D eigenvalue weighted by atomic mass is 32.2. The predicted octanol–water partition coefficient (Wildman–Crippen LogP) is 5.89. The lowest BCUT2D eigenvalue weighted by molar-refractivity contribution is -0.122.